The highest BCUT2D eigenvalue weighted by Crippen LogP contribution is 2.30. The Bertz CT molecular complexity index is 339. The molecule has 1 aromatic rings. The quantitative estimate of drug-likeness (QED) is 0.774. The van der Waals surface area contributed by atoms with Crippen LogP contribution in [-0.2, 0) is 0 Å². The summed E-state index contributed by atoms with van der Waals surface area (Å²) in [6.07, 6.45) is 0.337. The Morgan fingerprint density at radius 3 is 2.53 bits per heavy atom. The van der Waals surface area contributed by atoms with Gasteiger partial charge in [-0.05, 0) is 31.9 Å². The summed E-state index contributed by atoms with van der Waals surface area (Å²) in [5.74, 6) is 0. The molecule has 1 aromatic carbocycles. The molecule has 0 aromatic heterocycles. The molecular formula is C14H19F2N. The fraction of sp³-hybridized carbons (Fsp3) is 0.571. The number of nitrogens with zero attached hydrogens (tertiary/aromatic N) is 1. The first-order chi connectivity index (χ1) is 8.20. The van der Waals surface area contributed by atoms with Crippen molar-refractivity contribution in [2.45, 2.75) is 44.7 Å². The van der Waals surface area contributed by atoms with Crippen molar-refractivity contribution in [3.05, 3.63) is 35.9 Å². The molecule has 2 atom stereocenters. The lowest BCUT2D eigenvalue weighted by Crippen LogP contribution is -2.45. The summed E-state index contributed by atoms with van der Waals surface area (Å²) in [6, 6.07) is 9.43. The number of piperidine rings is 1. The molecule has 0 N–H and O–H groups in total. The standard InChI is InChI=1S/C14H19F2N/c1-11(12-7-3-2-4-8-12)17-10-6-5-9-13(17)14(15)16/h2-4,7-8,11,13-14H,5-6,9-10H2,1H3/t11-,13+/m1/s1. The zero-order valence-electron chi connectivity index (χ0n) is 10.2. The van der Waals surface area contributed by atoms with E-state index in [2.05, 4.69) is 0 Å². The Morgan fingerprint density at radius 1 is 1.18 bits per heavy atom. The van der Waals surface area contributed by atoms with Crippen LogP contribution in [0.25, 0.3) is 0 Å². The Hall–Kier alpha value is -0.960. The second-order valence-corrected chi connectivity index (χ2v) is 4.72. The molecule has 1 heterocycles. The largest absolute Gasteiger partial charge is 0.288 e. The number of likely N-dealkylation sites (tertiary alicyclic amines) is 1. The second kappa shape index (κ2) is 5.58. The average Bonchev–Trinajstić information content (AvgIpc) is 2.39. The first kappa shape index (κ1) is 12.5. The van der Waals surface area contributed by atoms with E-state index in [1.54, 1.807) is 0 Å². The van der Waals surface area contributed by atoms with Crippen molar-refractivity contribution < 1.29 is 8.78 Å². The van der Waals surface area contributed by atoms with Gasteiger partial charge in [0.15, 0.2) is 0 Å². The summed E-state index contributed by atoms with van der Waals surface area (Å²) in [6.45, 7) is 2.81. The van der Waals surface area contributed by atoms with Gasteiger partial charge < -0.3 is 0 Å². The van der Waals surface area contributed by atoms with E-state index < -0.39 is 12.5 Å². The third-order valence-electron chi connectivity index (χ3n) is 3.66. The van der Waals surface area contributed by atoms with Gasteiger partial charge in [-0.15, -0.1) is 0 Å². The highest BCUT2D eigenvalue weighted by molar-refractivity contribution is 5.18. The van der Waals surface area contributed by atoms with Crippen LogP contribution >= 0.6 is 0 Å². The SMILES string of the molecule is C[C@H](c1ccccc1)N1CCCC[C@H]1C(F)F. The number of hydrogen-bond acceptors (Lipinski definition) is 1. The van der Waals surface area contributed by atoms with E-state index in [9.17, 15) is 8.78 Å². The van der Waals surface area contributed by atoms with Gasteiger partial charge in [-0.25, -0.2) is 8.78 Å². The van der Waals surface area contributed by atoms with E-state index in [1.165, 1.54) is 0 Å². The van der Waals surface area contributed by atoms with E-state index in [-0.39, 0.29) is 6.04 Å². The van der Waals surface area contributed by atoms with Crippen molar-refractivity contribution in [3.63, 3.8) is 0 Å². The van der Waals surface area contributed by atoms with Crippen molar-refractivity contribution in [1.82, 2.24) is 4.90 Å². The Balaban J connectivity index is 2.14. The van der Waals surface area contributed by atoms with Crippen molar-refractivity contribution in [1.29, 1.82) is 0 Å². The Kier molecular flexibility index (Phi) is 4.11. The lowest BCUT2D eigenvalue weighted by atomic mass is 9.97. The van der Waals surface area contributed by atoms with Gasteiger partial charge >= 0.3 is 0 Å². The Labute approximate surface area is 101 Å². The molecule has 0 bridgehead atoms. The van der Waals surface area contributed by atoms with Crippen LogP contribution < -0.4 is 0 Å². The molecule has 1 aliphatic rings. The lowest BCUT2D eigenvalue weighted by Gasteiger charge is -2.39. The van der Waals surface area contributed by atoms with Crippen molar-refractivity contribution in [3.8, 4) is 0 Å². The zero-order valence-corrected chi connectivity index (χ0v) is 10.2. The van der Waals surface area contributed by atoms with E-state index in [0.29, 0.717) is 6.42 Å². The summed E-state index contributed by atoms with van der Waals surface area (Å²) in [5.41, 5.74) is 1.13. The van der Waals surface area contributed by atoms with E-state index >= 15 is 0 Å². The molecule has 1 fully saturated rings. The molecule has 2 rings (SSSR count). The number of halogens is 2. The fourth-order valence-corrected chi connectivity index (χ4v) is 2.65. The molecule has 1 aliphatic heterocycles. The maximum absolute atomic E-state index is 13.0. The van der Waals surface area contributed by atoms with Crippen LogP contribution in [0.4, 0.5) is 8.78 Å². The van der Waals surface area contributed by atoms with Crippen LogP contribution in [-0.4, -0.2) is 23.9 Å². The van der Waals surface area contributed by atoms with Crippen molar-refractivity contribution in [2.75, 3.05) is 6.54 Å². The molecule has 0 radical (unpaired) electrons. The van der Waals surface area contributed by atoms with E-state index in [1.807, 2.05) is 42.2 Å². The molecule has 1 nitrogen and oxygen atoms in total. The predicted molar refractivity (Wildman–Crippen MR) is 65.2 cm³/mol. The highest BCUT2D eigenvalue weighted by Gasteiger charge is 2.33. The molecule has 0 unspecified atom stereocenters. The van der Waals surface area contributed by atoms with Crippen molar-refractivity contribution >= 4 is 0 Å². The fourth-order valence-electron chi connectivity index (χ4n) is 2.65. The summed E-state index contributed by atoms with van der Waals surface area (Å²) >= 11 is 0. The van der Waals surface area contributed by atoms with Crippen molar-refractivity contribution in [2.24, 2.45) is 0 Å². The van der Waals surface area contributed by atoms with Crippen LogP contribution in [0.15, 0.2) is 30.3 Å². The Morgan fingerprint density at radius 2 is 1.88 bits per heavy atom. The monoisotopic (exact) mass is 239 g/mol. The zero-order chi connectivity index (χ0) is 12.3. The number of hydrogen-bond donors (Lipinski definition) is 0. The first-order valence-electron chi connectivity index (χ1n) is 6.29. The maximum Gasteiger partial charge on any atom is 0.253 e. The number of benzene rings is 1. The summed E-state index contributed by atoms with van der Waals surface area (Å²) < 4.78 is 26.0. The van der Waals surface area contributed by atoms with E-state index in [0.717, 1.165) is 24.9 Å². The molecule has 0 amide bonds. The molecule has 94 valence electrons. The molecular weight excluding hydrogens is 220 g/mol. The molecule has 0 spiro atoms. The normalized spacial score (nSPS) is 23.9. The summed E-state index contributed by atoms with van der Waals surface area (Å²) in [7, 11) is 0. The minimum absolute atomic E-state index is 0.0792. The van der Waals surface area contributed by atoms with Crippen LogP contribution in [0.3, 0.4) is 0 Å². The maximum atomic E-state index is 13.0. The number of alkyl halides is 2. The predicted octanol–water partition coefficient (Wildman–Crippen LogP) is 3.87. The van der Waals surface area contributed by atoms with Gasteiger partial charge in [0.25, 0.3) is 6.43 Å². The molecule has 17 heavy (non-hydrogen) atoms. The van der Waals surface area contributed by atoms with Crippen LogP contribution in [0, 0.1) is 0 Å². The van der Waals surface area contributed by atoms with Gasteiger partial charge in [-0.2, -0.15) is 0 Å². The third-order valence-corrected chi connectivity index (χ3v) is 3.66. The van der Waals surface area contributed by atoms with Crippen LogP contribution in [0.2, 0.25) is 0 Å². The molecule has 0 saturated carbocycles. The van der Waals surface area contributed by atoms with Crippen LogP contribution in [0.5, 0.6) is 0 Å². The minimum atomic E-state index is -2.23. The minimum Gasteiger partial charge on any atom is -0.288 e. The highest BCUT2D eigenvalue weighted by atomic mass is 19.3. The third kappa shape index (κ3) is 2.83. The van der Waals surface area contributed by atoms with Crippen LogP contribution in [0.1, 0.15) is 37.8 Å². The van der Waals surface area contributed by atoms with Gasteiger partial charge in [0.2, 0.25) is 0 Å². The second-order valence-electron chi connectivity index (χ2n) is 4.72. The van der Waals surface area contributed by atoms with Gasteiger partial charge in [0.05, 0.1) is 6.04 Å². The average molecular weight is 239 g/mol. The van der Waals surface area contributed by atoms with Gasteiger partial charge in [0.1, 0.15) is 0 Å². The van der Waals surface area contributed by atoms with Gasteiger partial charge in [0, 0.05) is 6.04 Å². The number of rotatable bonds is 3. The summed E-state index contributed by atoms with van der Waals surface area (Å²) in [5, 5.41) is 0. The molecule has 3 heteroatoms. The smallest absolute Gasteiger partial charge is 0.253 e. The molecule has 1 saturated heterocycles. The summed E-state index contributed by atoms with van der Waals surface area (Å²) in [4.78, 5) is 1.96. The van der Waals surface area contributed by atoms with Gasteiger partial charge in [-0.1, -0.05) is 36.8 Å². The van der Waals surface area contributed by atoms with E-state index in [4.69, 9.17) is 0 Å². The lowest BCUT2D eigenvalue weighted by molar-refractivity contribution is -0.0150. The first-order valence-corrected chi connectivity index (χ1v) is 6.29. The topological polar surface area (TPSA) is 3.24 Å². The molecule has 0 aliphatic carbocycles. The van der Waals surface area contributed by atoms with Gasteiger partial charge in [-0.3, -0.25) is 4.90 Å².